The van der Waals surface area contributed by atoms with Crippen LogP contribution in [0.5, 0.6) is 0 Å². The summed E-state index contributed by atoms with van der Waals surface area (Å²) in [5, 5.41) is 19.0. The SMILES string of the molecule is C=CCOC(=O)[C@H]1[C@@H]2OC3(CC2Br)C(C(=O)N(CC=C)Cn2nnc4ccccc42)N([C@@H](CO)[C@@H](C)CC)C(=O)[C@H]13. The van der Waals surface area contributed by atoms with Gasteiger partial charge in [0.15, 0.2) is 0 Å². The van der Waals surface area contributed by atoms with Crippen LogP contribution in [0.1, 0.15) is 26.7 Å². The molecule has 2 aromatic rings. The molecule has 1 spiro atoms. The highest BCUT2D eigenvalue weighted by Gasteiger charge is 2.77. The van der Waals surface area contributed by atoms with Crippen molar-refractivity contribution in [3.63, 3.8) is 0 Å². The fourth-order valence-electron chi connectivity index (χ4n) is 6.75. The van der Waals surface area contributed by atoms with Gasteiger partial charge in [0.05, 0.1) is 36.1 Å². The van der Waals surface area contributed by atoms with Crippen LogP contribution >= 0.6 is 15.9 Å². The van der Waals surface area contributed by atoms with Gasteiger partial charge in [0, 0.05) is 11.4 Å². The van der Waals surface area contributed by atoms with E-state index < -0.39 is 41.6 Å². The highest BCUT2D eigenvalue weighted by atomic mass is 79.9. The molecule has 4 heterocycles. The first-order valence-electron chi connectivity index (χ1n) is 13.9. The van der Waals surface area contributed by atoms with Crippen LogP contribution in [-0.2, 0) is 30.5 Å². The molecule has 3 aliphatic heterocycles. The number of carbonyl (C=O) groups excluding carboxylic acids is 3. The molecule has 3 fully saturated rings. The van der Waals surface area contributed by atoms with E-state index in [9.17, 15) is 19.5 Å². The van der Waals surface area contributed by atoms with Crippen LogP contribution in [-0.4, -0.2) is 96.1 Å². The van der Waals surface area contributed by atoms with Crippen molar-refractivity contribution >= 4 is 44.7 Å². The Morgan fingerprint density at radius 3 is 2.78 bits per heavy atom. The molecule has 1 aromatic heterocycles. The van der Waals surface area contributed by atoms with Crippen LogP contribution in [0.4, 0.5) is 0 Å². The van der Waals surface area contributed by atoms with E-state index in [0.717, 1.165) is 5.52 Å². The lowest BCUT2D eigenvalue weighted by Crippen LogP contribution is -2.60. The van der Waals surface area contributed by atoms with Gasteiger partial charge in [-0.2, -0.15) is 0 Å². The molecular weight excluding hydrogens is 594 g/mol. The van der Waals surface area contributed by atoms with Crippen LogP contribution < -0.4 is 0 Å². The molecule has 1 N–H and O–H groups in total. The van der Waals surface area contributed by atoms with Gasteiger partial charge in [0.2, 0.25) is 11.8 Å². The molecule has 220 valence electrons. The third kappa shape index (κ3) is 4.69. The first-order chi connectivity index (χ1) is 19.7. The number of carbonyl (C=O) groups is 3. The smallest absolute Gasteiger partial charge is 0.312 e. The van der Waals surface area contributed by atoms with E-state index in [1.54, 1.807) is 15.7 Å². The molecular formula is C29H36BrN5O6. The maximum absolute atomic E-state index is 14.7. The summed E-state index contributed by atoms with van der Waals surface area (Å²) in [5.74, 6) is -3.26. The minimum absolute atomic E-state index is 0.0000972. The van der Waals surface area contributed by atoms with Crippen molar-refractivity contribution < 1.29 is 29.0 Å². The van der Waals surface area contributed by atoms with Gasteiger partial charge in [0.25, 0.3) is 0 Å². The topological polar surface area (TPSA) is 127 Å². The minimum Gasteiger partial charge on any atom is -0.461 e. The number of alkyl halides is 1. The fourth-order valence-corrected chi connectivity index (χ4v) is 7.70. The molecule has 0 saturated carbocycles. The number of aliphatic hydroxyl groups excluding tert-OH is 1. The first-order valence-corrected chi connectivity index (χ1v) is 14.9. The van der Waals surface area contributed by atoms with E-state index in [4.69, 9.17) is 9.47 Å². The van der Waals surface area contributed by atoms with E-state index in [-0.39, 0.29) is 49.0 Å². The maximum Gasteiger partial charge on any atom is 0.312 e. The zero-order valence-corrected chi connectivity index (χ0v) is 24.9. The Labute approximate surface area is 247 Å². The highest BCUT2D eigenvalue weighted by molar-refractivity contribution is 9.09. The molecule has 2 amide bonds. The van der Waals surface area contributed by atoms with E-state index in [0.29, 0.717) is 18.4 Å². The average molecular weight is 631 g/mol. The molecule has 3 unspecified atom stereocenters. The van der Waals surface area contributed by atoms with E-state index in [1.807, 2.05) is 38.1 Å². The Bertz CT molecular complexity index is 1350. The van der Waals surface area contributed by atoms with E-state index in [1.165, 1.54) is 11.0 Å². The number of halogens is 1. The van der Waals surface area contributed by atoms with Gasteiger partial charge in [-0.05, 0) is 24.5 Å². The van der Waals surface area contributed by atoms with Gasteiger partial charge >= 0.3 is 5.97 Å². The van der Waals surface area contributed by atoms with E-state index in [2.05, 4.69) is 39.4 Å². The quantitative estimate of drug-likeness (QED) is 0.215. The lowest BCUT2D eigenvalue weighted by atomic mass is 9.70. The summed E-state index contributed by atoms with van der Waals surface area (Å²) in [6.45, 7) is 11.3. The number of esters is 1. The van der Waals surface area contributed by atoms with Crippen molar-refractivity contribution in [1.82, 2.24) is 24.8 Å². The molecule has 0 aliphatic carbocycles. The Morgan fingerprint density at radius 2 is 2.10 bits per heavy atom. The lowest BCUT2D eigenvalue weighted by molar-refractivity contribution is -0.156. The van der Waals surface area contributed by atoms with Gasteiger partial charge in [-0.25, -0.2) is 4.68 Å². The first kappa shape index (κ1) is 29.4. The van der Waals surface area contributed by atoms with Gasteiger partial charge in [0.1, 0.15) is 30.4 Å². The number of hydrogen-bond acceptors (Lipinski definition) is 8. The number of ether oxygens (including phenoxy) is 2. The van der Waals surface area contributed by atoms with Crippen LogP contribution in [0.3, 0.4) is 0 Å². The molecule has 1 aromatic carbocycles. The molecule has 11 nitrogen and oxygen atoms in total. The number of amides is 2. The third-order valence-corrected chi connectivity index (χ3v) is 9.65. The molecule has 5 rings (SSSR count). The van der Waals surface area contributed by atoms with E-state index >= 15 is 0 Å². The standard InChI is InChI=1S/C29H36BrN5O6/c1-5-12-33(16-34-20-11-9-8-10-19(20)31-32-34)27(38)25-29-14-18(30)24(41-29)22(28(39)40-13-6-2)23(29)26(37)35(25)21(15-36)17(4)7-3/h5-6,8-11,17-18,21-25,36H,1-2,7,12-16H2,3-4H3/t17-,18?,21-,22+,23-,24+,25?,29?/m0/s1. The summed E-state index contributed by atoms with van der Waals surface area (Å²) in [4.78, 5) is 45.1. The minimum atomic E-state index is -1.28. The van der Waals surface area contributed by atoms with Gasteiger partial charge in [-0.3, -0.25) is 14.4 Å². The zero-order chi connectivity index (χ0) is 29.5. The number of hydrogen-bond donors (Lipinski definition) is 1. The number of aliphatic hydroxyl groups is 1. The maximum atomic E-state index is 14.7. The Balaban J connectivity index is 1.59. The summed E-state index contributed by atoms with van der Waals surface area (Å²) in [7, 11) is 0. The van der Waals surface area contributed by atoms with Crippen molar-refractivity contribution in [1.29, 1.82) is 0 Å². The second kappa shape index (κ2) is 11.7. The number of nitrogens with zero attached hydrogens (tertiary/aromatic N) is 5. The summed E-state index contributed by atoms with van der Waals surface area (Å²) in [6, 6.07) is 5.70. The number of likely N-dealkylation sites (tertiary alicyclic amines) is 1. The number of aromatic nitrogens is 3. The lowest BCUT2D eigenvalue weighted by Gasteiger charge is -2.40. The zero-order valence-electron chi connectivity index (χ0n) is 23.3. The molecule has 2 bridgehead atoms. The molecule has 3 aliphatic rings. The predicted molar refractivity (Wildman–Crippen MR) is 153 cm³/mol. The summed E-state index contributed by atoms with van der Waals surface area (Å²) in [6.07, 6.45) is 3.46. The number of fused-ring (bicyclic) bond motifs is 2. The van der Waals surface area contributed by atoms with Crippen molar-refractivity contribution in [3.05, 3.63) is 49.6 Å². The van der Waals surface area contributed by atoms with Crippen LogP contribution in [0.25, 0.3) is 11.0 Å². The third-order valence-electron chi connectivity index (χ3n) is 8.81. The van der Waals surface area contributed by atoms with Crippen molar-refractivity contribution in [3.8, 4) is 0 Å². The highest BCUT2D eigenvalue weighted by Crippen LogP contribution is 2.61. The summed E-state index contributed by atoms with van der Waals surface area (Å²) < 4.78 is 13.6. The molecule has 12 heteroatoms. The predicted octanol–water partition coefficient (Wildman–Crippen LogP) is 2.29. The second-order valence-electron chi connectivity index (χ2n) is 11.0. The molecule has 0 radical (unpaired) electrons. The van der Waals surface area contributed by atoms with Crippen LogP contribution in [0.2, 0.25) is 0 Å². The number of benzene rings is 1. The molecule has 3 saturated heterocycles. The van der Waals surface area contributed by atoms with Gasteiger partial charge < -0.3 is 24.4 Å². The summed E-state index contributed by atoms with van der Waals surface area (Å²) in [5.41, 5.74) is 0.157. The fraction of sp³-hybridized carbons (Fsp3) is 0.552. The number of rotatable bonds is 12. The summed E-state index contributed by atoms with van der Waals surface area (Å²) >= 11 is 3.66. The van der Waals surface area contributed by atoms with Crippen molar-refractivity contribution in [2.75, 3.05) is 19.8 Å². The van der Waals surface area contributed by atoms with Gasteiger partial charge in [-0.1, -0.05) is 72.3 Å². The molecule has 41 heavy (non-hydrogen) atoms. The van der Waals surface area contributed by atoms with Crippen LogP contribution in [0.15, 0.2) is 49.6 Å². The Kier molecular flexibility index (Phi) is 8.36. The van der Waals surface area contributed by atoms with Crippen LogP contribution in [0, 0.1) is 17.8 Å². The van der Waals surface area contributed by atoms with Crippen molar-refractivity contribution in [2.45, 2.75) is 62.0 Å². The average Bonchev–Trinajstić information content (AvgIpc) is 3.69. The number of para-hydroxylation sites is 1. The monoisotopic (exact) mass is 629 g/mol. The van der Waals surface area contributed by atoms with Gasteiger partial charge in [-0.15, -0.1) is 11.7 Å². The Hall–Kier alpha value is -3.09. The second-order valence-corrected chi connectivity index (χ2v) is 12.2. The normalized spacial score (nSPS) is 29.8. The Morgan fingerprint density at radius 1 is 1.34 bits per heavy atom. The largest absolute Gasteiger partial charge is 0.461 e. The molecule has 8 atom stereocenters. The van der Waals surface area contributed by atoms with Crippen molar-refractivity contribution in [2.24, 2.45) is 17.8 Å².